The summed E-state index contributed by atoms with van der Waals surface area (Å²) in [6.45, 7) is 1.64. The van der Waals surface area contributed by atoms with Crippen molar-refractivity contribution in [3.63, 3.8) is 0 Å². The van der Waals surface area contributed by atoms with E-state index in [1.54, 1.807) is 24.3 Å². The number of halogens is 1. The van der Waals surface area contributed by atoms with E-state index < -0.39 is 10.0 Å². The smallest absolute Gasteiger partial charge is 0.225 e. The highest BCUT2D eigenvalue weighted by Gasteiger charge is 2.27. The highest BCUT2D eigenvalue weighted by Crippen LogP contribution is 2.37. The fourth-order valence-corrected chi connectivity index (χ4v) is 3.94. The minimum absolute atomic E-state index is 0.0655. The van der Waals surface area contributed by atoms with E-state index >= 15 is 0 Å². The van der Waals surface area contributed by atoms with E-state index in [1.165, 1.54) is 17.7 Å². The lowest BCUT2D eigenvalue weighted by Gasteiger charge is -2.34. The summed E-state index contributed by atoms with van der Waals surface area (Å²) in [6.07, 6.45) is 1.20. The van der Waals surface area contributed by atoms with Crippen molar-refractivity contribution in [1.82, 2.24) is 14.3 Å². The van der Waals surface area contributed by atoms with E-state index in [1.807, 2.05) is 4.90 Å². The van der Waals surface area contributed by atoms with Gasteiger partial charge in [-0.1, -0.05) is 12.1 Å². The van der Waals surface area contributed by atoms with Gasteiger partial charge < -0.3 is 9.64 Å². The fraction of sp³-hybridized carbons (Fsp3) is 0.353. The summed E-state index contributed by atoms with van der Waals surface area (Å²) in [7, 11) is -1.70. The molecule has 0 bridgehead atoms. The second-order valence-electron chi connectivity index (χ2n) is 6.04. The molecule has 0 aliphatic carbocycles. The van der Waals surface area contributed by atoms with Gasteiger partial charge in [-0.15, -0.1) is 0 Å². The molecule has 1 aliphatic heterocycles. The van der Waals surface area contributed by atoms with Crippen LogP contribution in [0.1, 0.15) is 5.56 Å². The molecule has 0 N–H and O–H groups in total. The second kappa shape index (κ2) is 7.68. The van der Waals surface area contributed by atoms with E-state index in [2.05, 4.69) is 16.0 Å². The first-order valence-corrected chi connectivity index (χ1v) is 10.4. The number of ether oxygens (including phenoxy) is 1. The quantitative estimate of drug-likeness (QED) is 0.712. The van der Waals surface area contributed by atoms with E-state index in [9.17, 15) is 8.42 Å². The first-order chi connectivity index (χ1) is 12.8. The van der Waals surface area contributed by atoms with Crippen LogP contribution in [0.3, 0.4) is 0 Å². The molecule has 0 saturated carbocycles. The number of hydrogen-bond donors (Lipinski definition) is 0. The van der Waals surface area contributed by atoms with Gasteiger partial charge in [0.2, 0.25) is 15.3 Å². The third kappa shape index (κ3) is 4.13. The van der Waals surface area contributed by atoms with Crippen LogP contribution < -0.4 is 9.64 Å². The molecule has 142 valence electrons. The van der Waals surface area contributed by atoms with E-state index in [0.29, 0.717) is 49.0 Å². The molecule has 2 heterocycles. The largest absolute Gasteiger partial charge is 0.491 e. The van der Waals surface area contributed by atoms with Crippen molar-refractivity contribution in [2.45, 2.75) is 0 Å². The second-order valence-corrected chi connectivity index (χ2v) is 8.36. The number of piperazine rings is 1. The summed E-state index contributed by atoms with van der Waals surface area (Å²) in [4.78, 5) is 10.5. The van der Waals surface area contributed by atoms with Gasteiger partial charge in [0.15, 0.2) is 11.6 Å². The molecule has 1 aromatic heterocycles. The maximum Gasteiger partial charge on any atom is 0.225 e. The van der Waals surface area contributed by atoms with Gasteiger partial charge in [0, 0.05) is 31.7 Å². The van der Waals surface area contributed by atoms with Crippen LogP contribution in [0.25, 0.3) is 11.3 Å². The lowest BCUT2D eigenvalue weighted by Crippen LogP contribution is -2.48. The van der Waals surface area contributed by atoms with Crippen LogP contribution >= 0.6 is 11.6 Å². The van der Waals surface area contributed by atoms with E-state index in [4.69, 9.17) is 21.6 Å². The number of rotatable bonds is 4. The molecular weight excluding hydrogens is 390 g/mol. The Balaban J connectivity index is 1.97. The molecule has 0 radical (unpaired) electrons. The van der Waals surface area contributed by atoms with Crippen molar-refractivity contribution >= 4 is 27.4 Å². The average Bonchev–Trinajstić information content (AvgIpc) is 2.67. The number of nitriles is 1. The van der Waals surface area contributed by atoms with Crippen molar-refractivity contribution in [3.8, 4) is 23.1 Å². The molecule has 0 unspecified atom stereocenters. The summed E-state index contributed by atoms with van der Waals surface area (Å²) in [5.41, 5.74) is 1.80. The summed E-state index contributed by atoms with van der Waals surface area (Å²) in [6, 6.07) is 8.99. The molecule has 0 spiro atoms. The average molecular weight is 408 g/mol. The van der Waals surface area contributed by atoms with Crippen molar-refractivity contribution < 1.29 is 13.2 Å². The van der Waals surface area contributed by atoms with Gasteiger partial charge in [-0.25, -0.2) is 13.4 Å². The number of aromatic nitrogens is 2. The normalized spacial score (nSPS) is 15.4. The molecule has 2 aromatic rings. The van der Waals surface area contributed by atoms with Crippen LogP contribution in [0.2, 0.25) is 5.28 Å². The molecule has 1 aromatic carbocycles. The van der Waals surface area contributed by atoms with Gasteiger partial charge in [-0.2, -0.15) is 14.6 Å². The molecular formula is C17H18ClN5O3S. The molecule has 0 amide bonds. The number of sulfonamides is 1. The zero-order valence-electron chi connectivity index (χ0n) is 14.9. The Bertz CT molecular complexity index is 981. The van der Waals surface area contributed by atoms with Crippen molar-refractivity contribution in [2.75, 3.05) is 44.4 Å². The number of methoxy groups -OCH3 is 1. The highest BCUT2D eigenvalue weighted by atomic mass is 35.5. The Hall–Kier alpha value is -2.41. The van der Waals surface area contributed by atoms with Gasteiger partial charge in [0.25, 0.3) is 0 Å². The first-order valence-electron chi connectivity index (χ1n) is 8.15. The van der Waals surface area contributed by atoms with Crippen LogP contribution in [-0.4, -0.2) is 62.2 Å². The van der Waals surface area contributed by atoms with Gasteiger partial charge in [0.1, 0.15) is 5.69 Å². The van der Waals surface area contributed by atoms with Gasteiger partial charge in [-0.3, -0.25) is 0 Å². The summed E-state index contributed by atoms with van der Waals surface area (Å²) < 4.78 is 30.4. The Morgan fingerprint density at radius 1 is 1.15 bits per heavy atom. The molecule has 3 rings (SSSR count). The van der Waals surface area contributed by atoms with Crippen LogP contribution in [0, 0.1) is 11.3 Å². The molecule has 1 fully saturated rings. The van der Waals surface area contributed by atoms with E-state index in [-0.39, 0.29) is 5.28 Å². The molecule has 27 heavy (non-hydrogen) atoms. The number of anilines is 1. The number of nitrogens with zero attached hydrogens (tertiary/aromatic N) is 5. The fourth-order valence-electron chi connectivity index (χ4n) is 2.94. The van der Waals surface area contributed by atoms with Crippen molar-refractivity contribution in [1.29, 1.82) is 5.26 Å². The summed E-state index contributed by atoms with van der Waals surface area (Å²) >= 11 is 6.14. The topological polar surface area (TPSA) is 99.4 Å². The predicted molar refractivity (Wildman–Crippen MR) is 102 cm³/mol. The van der Waals surface area contributed by atoms with Crippen LogP contribution in [-0.2, 0) is 10.0 Å². The third-order valence-electron chi connectivity index (χ3n) is 4.32. The predicted octanol–water partition coefficient (Wildman–Crippen LogP) is 1.76. The Labute approximate surface area is 163 Å². The SMILES string of the molecule is COc1c(-c2ccc(C#N)cc2)nc(Cl)nc1N1CCN(S(C)(=O)=O)CC1. The zero-order valence-corrected chi connectivity index (χ0v) is 16.5. The van der Waals surface area contributed by atoms with Gasteiger partial charge in [0.05, 0.1) is 25.0 Å². The van der Waals surface area contributed by atoms with Gasteiger partial charge >= 0.3 is 0 Å². The van der Waals surface area contributed by atoms with Crippen molar-refractivity contribution in [2.24, 2.45) is 0 Å². The number of benzene rings is 1. The molecule has 1 saturated heterocycles. The Morgan fingerprint density at radius 3 is 2.30 bits per heavy atom. The lowest BCUT2D eigenvalue weighted by atomic mass is 10.1. The Morgan fingerprint density at radius 2 is 1.78 bits per heavy atom. The Kier molecular flexibility index (Phi) is 5.51. The minimum Gasteiger partial charge on any atom is -0.491 e. The number of hydrogen-bond acceptors (Lipinski definition) is 7. The lowest BCUT2D eigenvalue weighted by molar-refractivity contribution is 0.378. The summed E-state index contributed by atoms with van der Waals surface area (Å²) in [5.74, 6) is 0.974. The van der Waals surface area contributed by atoms with Crippen LogP contribution in [0.4, 0.5) is 5.82 Å². The first kappa shape index (κ1) is 19.4. The highest BCUT2D eigenvalue weighted by molar-refractivity contribution is 7.88. The molecule has 10 heteroatoms. The molecule has 8 nitrogen and oxygen atoms in total. The monoisotopic (exact) mass is 407 g/mol. The summed E-state index contributed by atoms with van der Waals surface area (Å²) in [5, 5.41) is 9.03. The van der Waals surface area contributed by atoms with E-state index in [0.717, 1.165) is 5.56 Å². The van der Waals surface area contributed by atoms with Crippen molar-refractivity contribution in [3.05, 3.63) is 35.1 Å². The van der Waals surface area contributed by atoms with Crippen LogP contribution in [0.5, 0.6) is 5.75 Å². The maximum absolute atomic E-state index is 11.7. The standard InChI is InChI=1S/C17H18ClN5O3S/c1-26-15-14(13-5-3-12(11-19)4-6-13)20-17(18)21-16(15)22-7-9-23(10-8-22)27(2,24)25/h3-6H,7-10H2,1-2H3. The molecule has 1 aliphatic rings. The third-order valence-corrected chi connectivity index (χ3v) is 5.79. The minimum atomic E-state index is -3.22. The van der Waals surface area contributed by atoms with Gasteiger partial charge in [-0.05, 0) is 23.7 Å². The maximum atomic E-state index is 11.7. The molecule has 0 atom stereocenters. The van der Waals surface area contributed by atoms with Crippen LogP contribution in [0.15, 0.2) is 24.3 Å². The zero-order chi connectivity index (χ0) is 19.6.